The highest BCUT2D eigenvalue weighted by molar-refractivity contribution is 9.09. The number of rotatable bonds is 2. The van der Waals surface area contributed by atoms with Gasteiger partial charge in [0, 0.05) is 0 Å². The van der Waals surface area contributed by atoms with Gasteiger partial charge in [-0.3, -0.25) is 4.79 Å². The maximum atomic E-state index is 13.1. The molecule has 0 aliphatic heterocycles. The maximum Gasteiger partial charge on any atom is 0.239 e. The number of alkyl halides is 2. The molecule has 2 unspecified atom stereocenters. The van der Waals surface area contributed by atoms with Crippen molar-refractivity contribution in [2.75, 3.05) is 5.33 Å². The summed E-state index contributed by atoms with van der Waals surface area (Å²) in [5.74, 6) is -3.98. The highest BCUT2D eigenvalue weighted by Gasteiger charge is 2.38. The molecule has 2 nitrogen and oxygen atoms in total. The average Bonchev–Trinajstić information content (AvgIpc) is 2.02. The minimum absolute atomic E-state index is 0.0437. The summed E-state index contributed by atoms with van der Waals surface area (Å²) in [6.45, 7) is 0. The van der Waals surface area contributed by atoms with Crippen molar-refractivity contribution in [3.63, 3.8) is 0 Å². The Labute approximate surface area is 77.9 Å². The molecule has 4 heteroatoms. The lowest BCUT2D eigenvalue weighted by atomic mass is 9.92. The van der Waals surface area contributed by atoms with Gasteiger partial charge in [-0.15, -0.1) is 0 Å². The van der Waals surface area contributed by atoms with Crippen molar-refractivity contribution in [1.29, 1.82) is 0 Å². The summed E-state index contributed by atoms with van der Waals surface area (Å²) < 4.78 is 13.1. The lowest BCUT2D eigenvalue weighted by Crippen LogP contribution is -2.37. The standard InChI is InChI=1S/C8H8BrFO2/c9-5-7(11)6-3-1-2-4-8(6,10)12/h1-4,6,12H,5H2. The van der Waals surface area contributed by atoms with E-state index in [1.807, 2.05) is 0 Å². The first kappa shape index (κ1) is 9.61. The predicted molar refractivity (Wildman–Crippen MR) is 46.6 cm³/mol. The van der Waals surface area contributed by atoms with Crippen molar-refractivity contribution in [3.8, 4) is 0 Å². The quantitative estimate of drug-likeness (QED) is 0.733. The van der Waals surface area contributed by atoms with Gasteiger partial charge in [0.25, 0.3) is 0 Å². The van der Waals surface area contributed by atoms with Crippen LogP contribution in [0.4, 0.5) is 4.39 Å². The Morgan fingerprint density at radius 2 is 2.33 bits per heavy atom. The Hall–Kier alpha value is -0.480. The first-order valence-electron chi connectivity index (χ1n) is 3.44. The molecule has 0 bridgehead atoms. The zero-order chi connectivity index (χ0) is 9.19. The Balaban J connectivity index is 2.84. The van der Waals surface area contributed by atoms with Crippen molar-refractivity contribution in [2.24, 2.45) is 5.92 Å². The molecule has 2 atom stereocenters. The van der Waals surface area contributed by atoms with Gasteiger partial charge >= 0.3 is 0 Å². The van der Waals surface area contributed by atoms with E-state index >= 15 is 0 Å². The molecule has 1 N–H and O–H groups in total. The molecule has 1 aliphatic carbocycles. The number of allylic oxidation sites excluding steroid dienone is 2. The molecule has 0 fully saturated rings. The van der Waals surface area contributed by atoms with E-state index in [4.69, 9.17) is 5.11 Å². The molecule has 0 spiro atoms. The largest absolute Gasteiger partial charge is 0.358 e. The van der Waals surface area contributed by atoms with Gasteiger partial charge in [-0.05, 0) is 6.08 Å². The molecular weight excluding hydrogens is 227 g/mol. The number of hydrogen-bond acceptors (Lipinski definition) is 2. The summed E-state index contributed by atoms with van der Waals surface area (Å²) in [5, 5.41) is 9.13. The summed E-state index contributed by atoms with van der Waals surface area (Å²) in [4.78, 5) is 11.1. The van der Waals surface area contributed by atoms with Gasteiger partial charge in [0.15, 0.2) is 5.78 Å². The van der Waals surface area contributed by atoms with Gasteiger partial charge in [-0.25, -0.2) is 4.39 Å². The van der Waals surface area contributed by atoms with Crippen LogP contribution in [0.5, 0.6) is 0 Å². The van der Waals surface area contributed by atoms with Crippen molar-refractivity contribution >= 4 is 21.7 Å². The minimum Gasteiger partial charge on any atom is -0.358 e. The lowest BCUT2D eigenvalue weighted by Gasteiger charge is -2.23. The SMILES string of the molecule is O=C(CBr)C1C=CC=CC1(O)F. The number of carbonyl (C=O) groups excluding carboxylic acids is 1. The third-order valence-corrected chi connectivity index (χ3v) is 2.21. The summed E-state index contributed by atoms with van der Waals surface area (Å²) in [7, 11) is 0. The zero-order valence-electron chi connectivity index (χ0n) is 6.21. The summed E-state index contributed by atoms with van der Waals surface area (Å²) in [6.07, 6.45) is 5.24. The number of ketones is 1. The van der Waals surface area contributed by atoms with E-state index in [1.165, 1.54) is 12.2 Å². The highest BCUT2D eigenvalue weighted by atomic mass is 79.9. The van der Waals surface area contributed by atoms with E-state index in [9.17, 15) is 9.18 Å². The van der Waals surface area contributed by atoms with Crippen LogP contribution in [0.3, 0.4) is 0 Å². The van der Waals surface area contributed by atoms with Crippen LogP contribution in [0.25, 0.3) is 0 Å². The van der Waals surface area contributed by atoms with Gasteiger partial charge in [0.1, 0.15) is 0 Å². The Morgan fingerprint density at radius 1 is 1.67 bits per heavy atom. The molecule has 0 aromatic rings. The van der Waals surface area contributed by atoms with Gasteiger partial charge in [0.2, 0.25) is 5.85 Å². The van der Waals surface area contributed by atoms with Crippen molar-refractivity contribution in [2.45, 2.75) is 5.85 Å². The second-order valence-electron chi connectivity index (χ2n) is 2.55. The van der Waals surface area contributed by atoms with Crippen LogP contribution in [0.15, 0.2) is 24.3 Å². The van der Waals surface area contributed by atoms with Gasteiger partial charge < -0.3 is 5.11 Å². The van der Waals surface area contributed by atoms with Crippen LogP contribution in [-0.4, -0.2) is 22.1 Å². The third kappa shape index (κ3) is 1.81. The van der Waals surface area contributed by atoms with Crippen molar-refractivity contribution < 1.29 is 14.3 Å². The van der Waals surface area contributed by atoms with Crippen LogP contribution in [0.1, 0.15) is 0 Å². The van der Waals surface area contributed by atoms with Gasteiger partial charge in [-0.1, -0.05) is 34.2 Å². The van der Waals surface area contributed by atoms with E-state index in [0.29, 0.717) is 0 Å². The number of aliphatic hydroxyl groups is 1. The summed E-state index contributed by atoms with van der Waals surface area (Å²) in [5.41, 5.74) is 0. The van der Waals surface area contributed by atoms with E-state index in [0.717, 1.165) is 6.08 Å². The molecule has 0 radical (unpaired) electrons. The normalized spacial score (nSPS) is 33.8. The fourth-order valence-electron chi connectivity index (χ4n) is 1.02. The molecule has 0 amide bonds. The van der Waals surface area contributed by atoms with E-state index in [-0.39, 0.29) is 11.1 Å². The Morgan fingerprint density at radius 3 is 2.83 bits per heavy atom. The third-order valence-electron chi connectivity index (χ3n) is 1.66. The molecule has 0 heterocycles. The fraction of sp³-hybridized carbons (Fsp3) is 0.375. The second kappa shape index (κ2) is 3.49. The van der Waals surface area contributed by atoms with Crippen LogP contribution < -0.4 is 0 Å². The number of halogens is 2. The van der Waals surface area contributed by atoms with Gasteiger partial charge in [0.05, 0.1) is 11.2 Å². The van der Waals surface area contributed by atoms with E-state index < -0.39 is 11.8 Å². The first-order chi connectivity index (χ1) is 5.58. The maximum absolute atomic E-state index is 13.1. The minimum atomic E-state index is -2.53. The molecule has 66 valence electrons. The summed E-state index contributed by atoms with van der Waals surface area (Å²) >= 11 is 2.92. The van der Waals surface area contributed by atoms with Crippen molar-refractivity contribution in [3.05, 3.63) is 24.3 Å². The van der Waals surface area contributed by atoms with Crippen molar-refractivity contribution in [1.82, 2.24) is 0 Å². The topological polar surface area (TPSA) is 37.3 Å². The number of hydrogen-bond donors (Lipinski definition) is 1. The molecule has 0 saturated heterocycles. The molecule has 0 aromatic heterocycles. The predicted octanol–water partition coefficient (Wildman–Crippen LogP) is 1.35. The smallest absolute Gasteiger partial charge is 0.239 e. The Bertz CT molecular complexity index is 245. The summed E-state index contributed by atoms with van der Waals surface area (Å²) in [6, 6.07) is 0. The van der Waals surface area contributed by atoms with Crippen LogP contribution >= 0.6 is 15.9 Å². The lowest BCUT2D eigenvalue weighted by molar-refractivity contribution is -0.135. The molecule has 1 rings (SSSR count). The first-order valence-corrected chi connectivity index (χ1v) is 4.56. The highest BCUT2D eigenvalue weighted by Crippen LogP contribution is 2.27. The number of carbonyl (C=O) groups is 1. The Kier molecular flexibility index (Phi) is 2.80. The van der Waals surface area contributed by atoms with E-state index in [1.54, 1.807) is 6.08 Å². The van der Waals surface area contributed by atoms with Crippen LogP contribution in [0.2, 0.25) is 0 Å². The zero-order valence-corrected chi connectivity index (χ0v) is 7.79. The second-order valence-corrected chi connectivity index (χ2v) is 3.11. The van der Waals surface area contributed by atoms with Gasteiger partial charge in [-0.2, -0.15) is 0 Å². The van der Waals surface area contributed by atoms with E-state index in [2.05, 4.69) is 15.9 Å². The van der Waals surface area contributed by atoms with Crippen LogP contribution in [-0.2, 0) is 4.79 Å². The molecule has 1 aliphatic rings. The number of Topliss-reactive ketones (excluding diaryl/α,β-unsaturated/α-hetero) is 1. The molecular formula is C8H8BrFO2. The molecule has 0 saturated carbocycles. The molecule has 0 aromatic carbocycles. The molecule has 12 heavy (non-hydrogen) atoms. The average molecular weight is 235 g/mol. The van der Waals surface area contributed by atoms with Crippen LogP contribution in [0, 0.1) is 5.92 Å². The fourth-order valence-corrected chi connectivity index (χ4v) is 1.37. The monoisotopic (exact) mass is 234 g/mol.